The molecule has 1 N–H and O–H groups in total. The van der Waals surface area contributed by atoms with Crippen molar-refractivity contribution in [2.75, 3.05) is 11.9 Å². The van der Waals surface area contributed by atoms with Crippen LogP contribution in [0.4, 0.5) is 14.9 Å². The summed E-state index contributed by atoms with van der Waals surface area (Å²) in [5, 5.41) is 3.35. The largest absolute Gasteiger partial charge is 0.322 e. The number of amides is 2. The summed E-state index contributed by atoms with van der Waals surface area (Å²) in [5.41, 5.74) is 3.44. The molecule has 27 heavy (non-hydrogen) atoms. The molecule has 5 heteroatoms. The van der Waals surface area contributed by atoms with Gasteiger partial charge in [0.2, 0.25) is 0 Å². The minimum Gasteiger partial charge on any atom is -0.313 e. The predicted molar refractivity (Wildman–Crippen MR) is 106 cm³/mol. The van der Waals surface area contributed by atoms with Crippen molar-refractivity contribution in [3.63, 3.8) is 0 Å². The maximum atomic E-state index is 14.0. The summed E-state index contributed by atoms with van der Waals surface area (Å²) in [7, 11) is 0. The van der Waals surface area contributed by atoms with Gasteiger partial charge in [-0.05, 0) is 47.4 Å². The standard InChI is InChI=1S/C22H18ClFN2O/c23-17-11-9-16(10-12-17)21-18-6-2-1-5-15(18)13-14-26(21)22(27)25-20-8-4-3-7-19(20)24/h1-12,21H,13-14H2,(H,25,27). The number of nitrogens with one attached hydrogen (secondary N) is 1. The summed E-state index contributed by atoms with van der Waals surface area (Å²) in [5.74, 6) is -0.452. The molecule has 2 amide bonds. The Labute approximate surface area is 162 Å². The van der Waals surface area contributed by atoms with Crippen molar-refractivity contribution in [1.82, 2.24) is 4.90 Å². The summed E-state index contributed by atoms with van der Waals surface area (Å²) in [4.78, 5) is 14.8. The third-order valence-corrected chi connectivity index (χ3v) is 5.10. The first-order valence-electron chi connectivity index (χ1n) is 8.79. The van der Waals surface area contributed by atoms with E-state index < -0.39 is 5.82 Å². The Balaban J connectivity index is 1.71. The van der Waals surface area contributed by atoms with E-state index in [0.29, 0.717) is 11.6 Å². The average Bonchev–Trinajstić information content (AvgIpc) is 2.69. The number of benzene rings is 3. The summed E-state index contributed by atoms with van der Waals surface area (Å²) in [6, 6.07) is 21.2. The van der Waals surface area contributed by atoms with Crippen LogP contribution in [0.25, 0.3) is 0 Å². The Morgan fingerprint density at radius 1 is 1.00 bits per heavy atom. The molecule has 1 atom stereocenters. The highest BCUT2D eigenvalue weighted by Gasteiger charge is 2.32. The highest BCUT2D eigenvalue weighted by molar-refractivity contribution is 6.30. The molecule has 1 heterocycles. The number of halogens is 2. The molecule has 0 fully saturated rings. The van der Waals surface area contributed by atoms with Gasteiger partial charge in [-0.15, -0.1) is 0 Å². The van der Waals surface area contributed by atoms with Crippen LogP contribution in [0, 0.1) is 5.82 Å². The summed E-state index contributed by atoms with van der Waals surface area (Å²) in [6.45, 7) is 0.546. The number of carbonyl (C=O) groups is 1. The zero-order valence-corrected chi connectivity index (χ0v) is 15.3. The van der Waals surface area contributed by atoms with Crippen LogP contribution in [0.5, 0.6) is 0 Å². The quantitative estimate of drug-likeness (QED) is 0.611. The highest BCUT2D eigenvalue weighted by Crippen LogP contribution is 2.36. The lowest BCUT2D eigenvalue weighted by atomic mass is 9.88. The van der Waals surface area contributed by atoms with Gasteiger partial charge in [0, 0.05) is 11.6 Å². The first-order chi connectivity index (χ1) is 13.1. The van der Waals surface area contributed by atoms with E-state index in [-0.39, 0.29) is 17.8 Å². The van der Waals surface area contributed by atoms with Gasteiger partial charge in [0.15, 0.2) is 0 Å². The number of nitrogens with zero attached hydrogens (tertiary/aromatic N) is 1. The van der Waals surface area contributed by atoms with E-state index >= 15 is 0 Å². The fourth-order valence-electron chi connectivity index (χ4n) is 3.54. The highest BCUT2D eigenvalue weighted by atomic mass is 35.5. The number of rotatable bonds is 2. The minimum atomic E-state index is -0.452. The lowest BCUT2D eigenvalue weighted by molar-refractivity contribution is 0.194. The van der Waals surface area contributed by atoms with E-state index in [1.807, 2.05) is 42.5 Å². The zero-order chi connectivity index (χ0) is 18.8. The minimum absolute atomic E-state index is 0.177. The smallest absolute Gasteiger partial charge is 0.313 e. The molecule has 1 aliphatic heterocycles. The van der Waals surface area contributed by atoms with Crippen LogP contribution in [0.1, 0.15) is 22.7 Å². The first-order valence-corrected chi connectivity index (χ1v) is 9.17. The second-order valence-electron chi connectivity index (χ2n) is 6.51. The number of fused-ring (bicyclic) bond motifs is 1. The van der Waals surface area contributed by atoms with E-state index in [2.05, 4.69) is 11.4 Å². The van der Waals surface area contributed by atoms with Crippen LogP contribution < -0.4 is 5.32 Å². The molecule has 0 bridgehead atoms. The molecule has 3 nitrogen and oxygen atoms in total. The van der Waals surface area contributed by atoms with Crippen molar-refractivity contribution in [2.45, 2.75) is 12.5 Å². The molecule has 1 aliphatic rings. The van der Waals surface area contributed by atoms with Crippen molar-refractivity contribution in [1.29, 1.82) is 0 Å². The van der Waals surface area contributed by atoms with Crippen molar-refractivity contribution in [3.8, 4) is 0 Å². The molecule has 1 unspecified atom stereocenters. The van der Waals surface area contributed by atoms with Gasteiger partial charge >= 0.3 is 6.03 Å². The Morgan fingerprint density at radius 3 is 2.48 bits per heavy atom. The molecule has 0 spiro atoms. The molecule has 0 radical (unpaired) electrons. The SMILES string of the molecule is O=C(Nc1ccccc1F)N1CCc2ccccc2C1c1ccc(Cl)cc1. The maximum absolute atomic E-state index is 14.0. The van der Waals surface area contributed by atoms with Gasteiger partial charge in [-0.3, -0.25) is 0 Å². The number of urea groups is 1. The number of anilines is 1. The molecule has 136 valence electrons. The summed E-state index contributed by atoms with van der Waals surface area (Å²) < 4.78 is 14.0. The maximum Gasteiger partial charge on any atom is 0.322 e. The van der Waals surface area contributed by atoms with Crippen LogP contribution in [0.15, 0.2) is 72.8 Å². The number of hydrogen-bond donors (Lipinski definition) is 1. The van der Waals surface area contributed by atoms with E-state index in [1.165, 1.54) is 11.6 Å². The van der Waals surface area contributed by atoms with Crippen molar-refractivity contribution in [2.24, 2.45) is 0 Å². The van der Waals surface area contributed by atoms with Gasteiger partial charge in [0.05, 0.1) is 11.7 Å². The molecular formula is C22H18ClFN2O. The van der Waals surface area contributed by atoms with Gasteiger partial charge in [0.1, 0.15) is 5.82 Å². The van der Waals surface area contributed by atoms with Crippen molar-refractivity contribution >= 4 is 23.3 Å². The Bertz CT molecular complexity index is 974. The van der Waals surface area contributed by atoms with Gasteiger partial charge in [-0.1, -0.05) is 60.1 Å². The third-order valence-electron chi connectivity index (χ3n) is 4.85. The van der Waals surface area contributed by atoms with E-state index in [9.17, 15) is 9.18 Å². The zero-order valence-electron chi connectivity index (χ0n) is 14.5. The van der Waals surface area contributed by atoms with E-state index in [0.717, 1.165) is 17.5 Å². The summed E-state index contributed by atoms with van der Waals surface area (Å²) >= 11 is 6.04. The average molecular weight is 381 g/mol. The topological polar surface area (TPSA) is 32.3 Å². The molecule has 0 saturated carbocycles. The van der Waals surface area contributed by atoms with Crippen LogP contribution >= 0.6 is 11.6 Å². The molecule has 0 saturated heterocycles. The van der Waals surface area contributed by atoms with Crippen LogP contribution in [0.3, 0.4) is 0 Å². The van der Waals surface area contributed by atoms with E-state index in [4.69, 9.17) is 11.6 Å². The number of para-hydroxylation sites is 1. The number of hydrogen-bond acceptors (Lipinski definition) is 1. The van der Waals surface area contributed by atoms with Crippen LogP contribution in [-0.2, 0) is 6.42 Å². The lowest BCUT2D eigenvalue weighted by Gasteiger charge is -2.37. The Morgan fingerprint density at radius 2 is 1.70 bits per heavy atom. The van der Waals surface area contributed by atoms with Gasteiger partial charge in [0.25, 0.3) is 0 Å². The summed E-state index contributed by atoms with van der Waals surface area (Å²) in [6.07, 6.45) is 0.755. The monoisotopic (exact) mass is 380 g/mol. The Kier molecular flexibility index (Phi) is 4.82. The molecular weight excluding hydrogens is 363 g/mol. The van der Waals surface area contributed by atoms with E-state index in [1.54, 1.807) is 23.1 Å². The van der Waals surface area contributed by atoms with Crippen molar-refractivity contribution < 1.29 is 9.18 Å². The molecule has 0 aliphatic carbocycles. The van der Waals surface area contributed by atoms with Crippen LogP contribution in [0.2, 0.25) is 5.02 Å². The van der Waals surface area contributed by atoms with Crippen molar-refractivity contribution in [3.05, 3.63) is 100 Å². The molecule has 3 aromatic carbocycles. The Hall–Kier alpha value is -2.85. The number of carbonyl (C=O) groups excluding carboxylic acids is 1. The first kappa shape index (κ1) is 17.6. The third kappa shape index (κ3) is 3.53. The molecule has 3 aromatic rings. The predicted octanol–water partition coefficient (Wildman–Crippen LogP) is 5.66. The second kappa shape index (κ2) is 7.41. The molecule has 4 rings (SSSR count). The van der Waals surface area contributed by atoms with Gasteiger partial charge in [-0.25, -0.2) is 9.18 Å². The fourth-order valence-corrected chi connectivity index (χ4v) is 3.67. The van der Waals surface area contributed by atoms with Crippen LogP contribution in [-0.4, -0.2) is 17.5 Å². The lowest BCUT2D eigenvalue weighted by Crippen LogP contribution is -2.43. The van der Waals surface area contributed by atoms with Gasteiger partial charge < -0.3 is 10.2 Å². The normalized spacial score (nSPS) is 15.9. The van der Waals surface area contributed by atoms with Gasteiger partial charge in [-0.2, -0.15) is 0 Å². The fraction of sp³-hybridized carbons (Fsp3) is 0.136. The molecule has 0 aromatic heterocycles. The second-order valence-corrected chi connectivity index (χ2v) is 6.94.